The number of aromatic carboxylic acids is 1. The lowest BCUT2D eigenvalue weighted by atomic mass is 10.0. The van der Waals surface area contributed by atoms with E-state index in [1.165, 1.54) is 12.1 Å². The molecule has 0 radical (unpaired) electrons. The number of carboxylic acid groups (broad SMARTS) is 1. The number of nitrogens with one attached hydrogen (secondary N) is 1. The summed E-state index contributed by atoms with van der Waals surface area (Å²) in [4.78, 5) is 24.8. The number of carbonyl (C=O) groups is 2. The average molecular weight is 292 g/mol. The summed E-state index contributed by atoms with van der Waals surface area (Å²) in [5.74, 6) is -0.958. The molecular formula is C15H20N2O4. The van der Waals surface area contributed by atoms with Crippen LogP contribution in [0.2, 0.25) is 0 Å². The Labute approximate surface area is 123 Å². The first kappa shape index (κ1) is 15.3. The third kappa shape index (κ3) is 3.72. The lowest BCUT2D eigenvalue weighted by molar-refractivity contribution is -0.0278. The lowest BCUT2D eigenvalue weighted by Gasteiger charge is -2.41. The van der Waals surface area contributed by atoms with E-state index in [4.69, 9.17) is 9.84 Å². The molecule has 114 valence electrons. The summed E-state index contributed by atoms with van der Waals surface area (Å²) in [6.07, 6.45) is 0. The molecule has 0 aliphatic carbocycles. The molecule has 1 saturated heterocycles. The quantitative estimate of drug-likeness (QED) is 0.889. The van der Waals surface area contributed by atoms with Gasteiger partial charge in [-0.25, -0.2) is 9.59 Å². The van der Waals surface area contributed by atoms with Crippen LogP contribution < -0.4 is 5.32 Å². The van der Waals surface area contributed by atoms with Crippen LogP contribution in [0.3, 0.4) is 0 Å². The molecule has 0 spiro atoms. The van der Waals surface area contributed by atoms with Crippen molar-refractivity contribution < 1.29 is 19.4 Å². The number of amides is 2. The van der Waals surface area contributed by atoms with Crippen molar-refractivity contribution in [3.63, 3.8) is 0 Å². The predicted octanol–water partition coefficient (Wildman–Crippen LogP) is 1.71. The van der Waals surface area contributed by atoms with E-state index in [-0.39, 0.29) is 17.1 Å². The van der Waals surface area contributed by atoms with E-state index in [9.17, 15) is 9.59 Å². The van der Waals surface area contributed by atoms with E-state index in [2.05, 4.69) is 5.32 Å². The van der Waals surface area contributed by atoms with E-state index < -0.39 is 5.97 Å². The monoisotopic (exact) mass is 292 g/mol. The third-order valence-electron chi connectivity index (χ3n) is 3.53. The normalized spacial score (nSPS) is 17.3. The predicted molar refractivity (Wildman–Crippen MR) is 77.2 cm³/mol. The van der Waals surface area contributed by atoms with E-state index in [0.29, 0.717) is 26.3 Å². The highest BCUT2D eigenvalue weighted by atomic mass is 16.5. The first-order valence-electron chi connectivity index (χ1n) is 6.85. The van der Waals surface area contributed by atoms with Gasteiger partial charge in [-0.15, -0.1) is 0 Å². The molecule has 1 aromatic rings. The fourth-order valence-electron chi connectivity index (χ4n) is 2.27. The molecule has 6 heteroatoms. The fourth-order valence-corrected chi connectivity index (χ4v) is 2.27. The van der Waals surface area contributed by atoms with Crippen LogP contribution in [0.25, 0.3) is 0 Å². The van der Waals surface area contributed by atoms with Gasteiger partial charge in [0, 0.05) is 13.1 Å². The maximum atomic E-state index is 12.2. The average Bonchev–Trinajstić information content (AvgIpc) is 2.44. The molecule has 1 aromatic carbocycles. The molecule has 0 atom stereocenters. The number of carboxylic acids is 1. The summed E-state index contributed by atoms with van der Waals surface area (Å²) in [7, 11) is 0. The first-order chi connectivity index (χ1) is 9.90. The van der Waals surface area contributed by atoms with Crippen molar-refractivity contribution in [2.24, 2.45) is 0 Å². The van der Waals surface area contributed by atoms with Crippen molar-refractivity contribution in [1.29, 1.82) is 0 Å². The molecule has 1 aliphatic heterocycles. The molecule has 1 heterocycles. The fraction of sp³-hybridized carbons (Fsp3) is 0.467. The minimum Gasteiger partial charge on any atom is -0.478 e. The van der Waals surface area contributed by atoms with Crippen LogP contribution in [0.15, 0.2) is 24.3 Å². The number of rotatable bonds is 3. The number of hydrogen-bond acceptors (Lipinski definition) is 3. The second kappa shape index (κ2) is 6.13. The Hall–Kier alpha value is -2.08. The summed E-state index contributed by atoms with van der Waals surface area (Å²) in [6, 6.07) is 6.33. The van der Waals surface area contributed by atoms with Crippen LogP contribution in [-0.2, 0) is 11.3 Å². The zero-order valence-corrected chi connectivity index (χ0v) is 12.3. The Morgan fingerprint density at radius 1 is 1.33 bits per heavy atom. The number of hydrogen-bond donors (Lipinski definition) is 2. The summed E-state index contributed by atoms with van der Waals surface area (Å²) in [5.41, 5.74) is 0.772. The Balaban J connectivity index is 1.93. The highest BCUT2D eigenvalue weighted by Gasteiger charge is 2.33. The van der Waals surface area contributed by atoms with Gasteiger partial charge in [-0.1, -0.05) is 12.1 Å². The van der Waals surface area contributed by atoms with Gasteiger partial charge in [0.05, 0.1) is 24.3 Å². The maximum Gasteiger partial charge on any atom is 0.335 e. The molecule has 0 unspecified atom stereocenters. The molecule has 1 fully saturated rings. The SMILES string of the molecule is CC1(C)COCCN1C(=O)NCc1ccc(C(=O)O)cc1. The lowest BCUT2D eigenvalue weighted by Crippen LogP contribution is -2.58. The van der Waals surface area contributed by atoms with Gasteiger partial charge in [-0.2, -0.15) is 0 Å². The minimum atomic E-state index is -0.958. The van der Waals surface area contributed by atoms with Gasteiger partial charge in [0.15, 0.2) is 0 Å². The van der Waals surface area contributed by atoms with Crippen molar-refractivity contribution in [2.75, 3.05) is 19.8 Å². The van der Waals surface area contributed by atoms with Crippen molar-refractivity contribution in [1.82, 2.24) is 10.2 Å². The molecule has 21 heavy (non-hydrogen) atoms. The molecule has 2 amide bonds. The third-order valence-corrected chi connectivity index (χ3v) is 3.53. The smallest absolute Gasteiger partial charge is 0.335 e. The van der Waals surface area contributed by atoms with Gasteiger partial charge in [-0.05, 0) is 31.5 Å². The largest absolute Gasteiger partial charge is 0.478 e. The molecule has 2 N–H and O–H groups in total. The van der Waals surface area contributed by atoms with E-state index in [0.717, 1.165) is 5.56 Å². The van der Waals surface area contributed by atoms with Crippen molar-refractivity contribution in [2.45, 2.75) is 25.9 Å². The molecule has 6 nitrogen and oxygen atoms in total. The Bertz CT molecular complexity index is 525. The summed E-state index contributed by atoms with van der Waals surface area (Å²) in [6.45, 7) is 5.93. The number of morpholine rings is 1. The number of carbonyl (C=O) groups excluding carboxylic acids is 1. The van der Waals surface area contributed by atoms with Gasteiger partial charge in [-0.3, -0.25) is 0 Å². The van der Waals surface area contributed by atoms with Gasteiger partial charge in [0.2, 0.25) is 0 Å². The first-order valence-corrected chi connectivity index (χ1v) is 6.85. The summed E-state index contributed by atoms with van der Waals surface area (Å²) >= 11 is 0. The number of nitrogens with zero attached hydrogens (tertiary/aromatic N) is 1. The molecule has 1 aliphatic rings. The second-order valence-corrected chi connectivity index (χ2v) is 5.68. The maximum absolute atomic E-state index is 12.2. The zero-order chi connectivity index (χ0) is 15.5. The summed E-state index contributed by atoms with van der Waals surface area (Å²) in [5, 5.41) is 11.7. The minimum absolute atomic E-state index is 0.134. The Morgan fingerprint density at radius 3 is 2.57 bits per heavy atom. The molecule has 0 aromatic heterocycles. The topological polar surface area (TPSA) is 78.9 Å². The zero-order valence-electron chi connectivity index (χ0n) is 12.3. The van der Waals surface area contributed by atoms with Crippen LogP contribution in [0.1, 0.15) is 29.8 Å². The van der Waals surface area contributed by atoms with Gasteiger partial charge >= 0.3 is 12.0 Å². The van der Waals surface area contributed by atoms with Crippen molar-refractivity contribution in [3.8, 4) is 0 Å². The van der Waals surface area contributed by atoms with Gasteiger partial charge < -0.3 is 20.1 Å². The van der Waals surface area contributed by atoms with E-state index in [1.54, 1.807) is 17.0 Å². The van der Waals surface area contributed by atoms with Crippen molar-refractivity contribution in [3.05, 3.63) is 35.4 Å². The van der Waals surface area contributed by atoms with Crippen LogP contribution in [-0.4, -0.2) is 47.3 Å². The second-order valence-electron chi connectivity index (χ2n) is 5.68. The molecular weight excluding hydrogens is 272 g/mol. The number of benzene rings is 1. The van der Waals surface area contributed by atoms with Crippen molar-refractivity contribution >= 4 is 12.0 Å². The standard InChI is InChI=1S/C15H20N2O4/c1-15(2)10-21-8-7-17(15)14(20)16-9-11-3-5-12(6-4-11)13(18)19/h3-6H,7-10H2,1-2H3,(H,16,20)(H,18,19). The summed E-state index contributed by atoms with van der Waals surface area (Å²) < 4.78 is 5.39. The molecule has 0 bridgehead atoms. The van der Waals surface area contributed by atoms with Crippen LogP contribution in [0.5, 0.6) is 0 Å². The molecule has 0 saturated carbocycles. The van der Waals surface area contributed by atoms with Gasteiger partial charge in [0.25, 0.3) is 0 Å². The number of urea groups is 1. The van der Waals surface area contributed by atoms with Crippen LogP contribution >= 0.6 is 0 Å². The van der Waals surface area contributed by atoms with Gasteiger partial charge in [0.1, 0.15) is 0 Å². The van der Waals surface area contributed by atoms with Crippen LogP contribution in [0, 0.1) is 0 Å². The Kier molecular flexibility index (Phi) is 4.47. The highest BCUT2D eigenvalue weighted by molar-refractivity contribution is 5.87. The van der Waals surface area contributed by atoms with Crippen LogP contribution in [0.4, 0.5) is 4.79 Å². The number of ether oxygens (including phenoxy) is 1. The Morgan fingerprint density at radius 2 is 2.00 bits per heavy atom. The molecule has 2 rings (SSSR count). The van der Waals surface area contributed by atoms with E-state index in [1.807, 2.05) is 13.8 Å². The van der Waals surface area contributed by atoms with E-state index >= 15 is 0 Å². The highest BCUT2D eigenvalue weighted by Crippen LogP contribution is 2.18.